The molecule has 0 radical (unpaired) electrons. The van der Waals surface area contributed by atoms with Gasteiger partial charge in [0, 0.05) is 23.2 Å². The van der Waals surface area contributed by atoms with Gasteiger partial charge in [0.25, 0.3) is 0 Å². The topological polar surface area (TPSA) is 167 Å². The number of ether oxygens (including phenoxy) is 1. The Morgan fingerprint density at radius 1 is 1.15 bits per heavy atom. The van der Waals surface area contributed by atoms with Crippen LogP contribution in [0.4, 0.5) is 0 Å². The van der Waals surface area contributed by atoms with E-state index in [9.17, 15) is 39.3 Å². The monoisotopic (exact) mass is 573 g/mol. The molecule has 41 heavy (non-hydrogen) atoms. The van der Waals surface area contributed by atoms with Crippen LogP contribution in [-0.2, 0) is 28.7 Å². The van der Waals surface area contributed by atoms with Crippen LogP contribution in [0.15, 0.2) is 23.8 Å². The van der Waals surface area contributed by atoms with Gasteiger partial charge in [-0.2, -0.15) is 0 Å². The molecular weight excluding hydrogens is 530 g/mol. The lowest BCUT2D eigenvalue weighted by atomic mass is 9.46. The average molecular weight is 574 g/mol. The van der Waals surface area contributed by atoms with E-state index in [4.69, 9.17) is 4.74 Å². The summed E-state index contributed by atoms with van der Waals surface area (Å²) in [4.78, 5) is 61.3. The number of carbonyl (C=O) groups is 5. The standard InChI is InChI=1S/C31H43NO9/c1-17(2)13-22(28(38)39)32-25(36)7-8-26(37)41-16-24(35)31(40)12-10-21-20-6-5-18-14-19(33)9-11-29(18,3)27(20)23(34)15-30(21,31)4/h9,11,14,17,20-23,27,34,40H,5-8,10,12-13,15-16H2,1-4H3,(H,32,36)(H,38,39)/t20-,21?,22?,23?,27?,29-,30-,31-/m0/s1. The van der Waals surface area contributed by atoms with Crippen molar-refractivity contribution in [1.82, 2.24) is 5.32 Å². The molecule has 10 nitrogen and oxygen atoms in total. The number of carboxylic acid groups (broad SMARTS) is 1. The molecule has 1 amide bonds. The number of aliphatic hydroxyl groups is 2. The van der Waals surface area contributed by atoms with Gasteiger partial charge < -0.3 is 25.4 Å². The van der Waals surface area contributed by atoms with E-state index in [-0.39, 0.29) is 61.6 Å². The summed E-state index contributed by atoms with van der Waals surface area (Å²) < 4.78 is 5.15. The lowest BCUT2D eigenvalue weighted by Crippen LogP contribution is -2.61. The minimum atomic E-state index is -1.78. The molecule has 0 aliphatic heterocycles. The number of fused-ring (bicyclic) bond motifs is 5. The summed E-state index contributed by atoms with van der Waals surface area (Å²) in [5.41, 5.74) is -2.12. The van der Waals surface area contributed by atoms with Gasteiger partial charge in [0.15, 0.2) is 12.4 Å². The quantitative estimate of drug-likeness (QED) is 0.287. The Bertz CT molecular complexity index is 1170. The number of aliphatic carboxylic acids is 1. The number of carbonyl (C=O) groups excluding carboxylic acids is 4. The summed E-state index contributed by atoms with van der Waals surface area (Å²) in [5, 5.41) is 34.9. The van der Waals surface area contributed by atoms with E-state index < -0.39 is 58.8 Å². The van der Waals surface area contributed by atoms with Crippen LogP contribution in [-0.4, -0.2) is 69.1 Å². The van der Waals surface area contributed by atoms with Crippen molar-refractivity contribution in [3.63, 3.8) is 0 Å². The number of rotatable bonds is 10. The molecule has 4 N–H and O–H groups in total. The first-order valence-electron chi connectivity index (χ1n) is 14.7. The maximum Gasteiger partial charge on any atom is 0.326 e. The number of ketones is 2. The van der Waals surface area contributed by atoms with E-state index >= 15 is 0 Å². The summed E-state index contributed by atoms with van der Waals surface area (Å²) >= 11 is 0. The Morgan fingerprint density at radius 2 is 1.85 bits per heavy atom. The fraction of sp³-hybridized carbons (Fsp3) is 0.710. The Hall–Kier alpha value is -2.85. The van der Waals surface area contributed by atoms with Crippen molar-refractivity contribution in [1.29, 1.82) is 0 Å². The minimum Gasteiger partial charge on any atom is -0.480 e. The lowest BCUT2D eigenvalue weighted by molar-refractivity contribution is -0.181. The molecule has 0 spiro atoms. The van der Waals surface area contributed by atoms with Crippen molar-refractivity contribution in [3.05, 3.63) is 23.8 Å². The van der Waals surface area contributed by atoms with Crippen molar-refractivity contribution in [2.75, 3.05) is 6.61 Å². The van der Waals surface area contributed by atoms with E-state index in [1.54, 1.807) is 12.2 Å². The van der Waals surface area contributed by atoms with Gasteiger partial charge >= 0.3 is 11.9 Å². The molecule has 226 valence electrons. The number of nitrogens with one attached hydrogen (secondary N) is 1. The fourth-order valence-corrected chi connectivity index (χ4v) is 8.30. The number of hydrogen-bond acceptors (Lipinski definition) is 8. The van der Waals surface area contributed by atoms with Crippen LogP contribution in [0, 0.1) is 34.5 Å². The fourth-order valence-electron chi connectivity index (χ4n) is 8.30. The van der Waals surface area contributed by atoms with E-state index in [0.717, 1.165) is 18.4 Å². The van der Waals surface area contributed by atoms with Gasteiger partial charge in [-0.1, -0.05) is 39.3 Å². The number of carboxylic acids is 1. The zero-order valence-corrected chi connectivity index (χ0v) is 24.4. The molecule has 3 saturated carbocycles. The third-order valence-electron chi connectivity index (χ3n) is 10.4. The van der Waals surface area contributed by atoms with Gasteiger partial charge in [-0.05, 0) is 68.4 Å². The van der Waals surface area contributed by atoms with Gasteiger partial charge in [0.2, 0.25) is 11.7 Å². The van der Waals surface area contributed by atoms with Crippen molar-refractivity contribution in [3.8, 4) is 0 Å². The highest BCUT2D eigenvalue weighted by atomic mass is 16.5. The molecule has 0 aromatic heterocycles. The summed E-state index contributed by atoms with van der Waals surface area (Å²) in [7, 11) is 0. The van der Waals surface area contributed by atoms with E-state index in [0.29, 0.717) is 6.42 Å². The highest BCUT2D eigenvalue weighted by Gasteiger charge is 2.68. The van der Waals surface area contributed by atoms with Crippen LogP contribution < -0.4 is 5.32 Å². The summed E-state index contributed by atoms with van der Waals surface area (Å²) in [5.74, 6) is -3.27. The van der Waals surface area contributed by atoms with Crippen molar-refractivity contribution < 1.29 is 44.0 Å². The smallest absolute Gasteiger partial charge is 0.326 e. The number of amides is 1. The zero-order valence-electron chi connectivity index (χ0n) is 24.4. The molecule has 0 aromatic rings. The Labute approximate surface area is 240 Å². The van der Waals surface area contributed by atoms with Gasteiger partial charge in [0.05, 0.1) is 12.5 Å². The molecular formula is C31H43NO9. The third-order valence-corrected chi connectivity index (χ3v) is 10.4. The Kier molecular flexibility index (Phi) is 8.67. The molecule has 4 aliphatic carbocycles. The second kappa shape index (κ2) is 11.4. The maximum absolute atomic E-state index is 13.4. The first-order valence-corrected chi connectivity index (χ1v) is 14.7. The zero-order chi connectivity index (χ0) is 30.3. The SMILES string of the molecule is CC(C)CC(NC(=O)CCC(=O)OCC(=O)[C@@]1(O)CCC2[C@@H]3CCC4=CC(=O)C=C[C@]4(C)C3C(O)C[C@@]21C)C(=O)O. The number of allylic oxidation sites excluding steroid dienone is 4. The largest absolute Gasteiger partial charge is 0.480 e. The number of aliphatic hydroxyl groups excluding tert-OH is 1. The van der Waals surface area contributed by atoms with Crippen LogP contribution >= 0.6 is 0 Å². The van der Waals surface area contributed by atoms with Gasteiger partial charge in [-0.3, -0.25) is 19.2 Å². The molecule has 0 aromatic carbocycles. The third kappa shape index (κ3) is 5.65. The lowest BCUT2D eigenvalue weighted by Gasteiger charge is -2.59. The molecule has 8 atom stereocenters. The summed E-state index contributed by atoms with van der Waals surface area (Å²) in [6.07, 6.45) is 6.46. The molecule has 3 fully saturated rings. The molecule has 4 aliphatic rings. The van der Waals surface area contributed by atoms with E-state index in [2.05, 4.69) is 12.2 Å². The molecule has 0 saturated heterocycles. The molecule has 0 bridgehead atoms. The highest BCUT2D eigenvalue weighted by molar-refractivity contribution is 6.01. The van der Waals surface area contributed by atoms with Crippen molar-refractivity contribution in [2.24, 2.45) is 34.5 Å². The molecule has 0 heterocycles. The highest BCUT2D eigenvalue weighted by Crippen LogP contribution is 2.67. The van der Waals surface area contributed by atoms with Crippen LogP contribution in [0.5, 0.6) is 0 Å². The second-order valence-electron chi connectivity index (χ2n) is 13.3. The number of hydrogen-bond donors (Lipinski definition) is 4. The molecule has 4 unspecified atom stereocenters. The second-order valence-corrected chi connectivity index (χ2v) is 13.3. The molecule has 10 heteroatoms. The minimum absolute atomic E-state index is 0.0262. The number of esters is 1. The van der Waals surface area contributed by atoms with Crippen LogP contribution in [0.25, 0.3) is 0 Å². The predicted molar refractivity (Wildman–Crippen MR) is 147 cm³/mol. The number of Topliss-reactive ketones (excluding diaryl/α,β-unsaturated/α-hetero) is 1. The van der Waals surface area contributed by atoms with Gasteiger partial charge in [-0.25, -0.2) is 4.79 Å². The van der Waals surface area contributed by atoms with Crippen molar-refractivity contribution >= 4 is 29.4 Å². The van der Waals surface area contributed by atoms with Crippen LogP contribution in [0.1, 0.15) is 79.1 Å². The normalized spacial score (nSPS) is 36.5. The first kappa shape index (κ1) is 31.1. The molecule has 4 rings (SSSR count). The van der Waals surface area contributed by atoms with Gasteiger partial charge in [-0.15, -0.1) is 0 Å². The summed E-state index contributed by atoms with van der Waals surface area (Å²) in [6.45, 7) is 6.93. The average Bonchev–Trinajstić information content (AvgIpc) is 3.16. The first-order chi connectivity index (χ1) is 19.1. The van der Waals surface area contributed by atoms with Crippen LogP contribution in [0.3, 0.4) is 0 Å². The van der Waals surface area contributed by atoms with E-state index in [1.807, 2.05) is 26.8 Å². The van der Waals surface area contributed by atoms with E-state index in [1.165, 1.54) is 0 Å². The van der Waals surface area contributed by atoms with Crippen molar-refractivity contribution in [2.45, 2.75) is 96.8 Å². The summed E-state index contributed by atoms with van der Waals surface area (Å²) in [6, 6.07) is -1.05. The van der Waals surface area contributed by atoms with Gasteiger partial charge in [0.1, 0.15) is 11.6 Å². The Balaban J connectivity index is 1.36. The maximum atomic E-state index is 13.4. The Morgan fingerprint density at radius 3 is 2.51 bits per heavy atom. The predicted octanol–water partition coefficient (Wildman–Crippen LogP) is 2.50. The van der Waals surface area contributed by atoms with Crippen LogP contribution in [0.2, 0.25) is 0 Å².